The van der Waals surface area contributed by atoms with Gasteiger partial charge in [-0.3, -0.25) is 4.90 Å². The summed E-state index contributed by atoms with van der Waals surface area (Å²) in [5.41, 5.74) is 2.07. The molecule has 1 aliphatic rings. The summed E-state index contributed by atoms with van der Waals surface area (Å²) in [6, 6.07) is 2.27. The van der Waals surface area contributed by atoms with Gasteiger partial charge in [-0.15, -0.1) is 0 Å². The van der Waals surface area contributed by atoms with Gasteiger partial charge in [0.15, 0.2) is 0 Å². The quantitative estimate of drug-likeness (QED) is 0.880. The summed E-state index contributed by atoms with van der Waals surface area (Å²) in [5.74, 6) is 0. The maximum absolute atomic E-state index is 3.81. The highest BCUT2D eigenvalue weighted by Gasteiger charge is 2.42. The van der Waals surface area contributed by atoms with Crippen LogP contribution in [-0.2, 0) is 6.54 Å². The highest BCUT2D eigenvalue weighted by atomic mass is 32.1. The maximum atomic E-state index is 3.81. The topological polar surface area (TPSA) is 15.3 Å². The Balaban J connectivity index is 2.20. The Hall–Kier alpha value is -0.380. The van der Waals surface area contributed by atoms with Gasteiger partial charge in [0.25, 0.3) is 0 Å². The maximum Gasteiger partial charge on any atom is 0.0333 e. The van der Waals surface area contributed by atoms with E-state index in [1.54, 1.807) is 11.3 Å². The predicted octanol–water partition coefficient (Wildman–Crippen LogP) is 3.88. The van der Waals surface area contributed by atoms with Gasteiger partial charge in [0.2, 0.25) is 0 Å². The lowest BCUT2D eigenvalue weighted by Gasteiger charge is -2.53. The molecular weight excluding hydrogens is 252 g/mol. The summed E-state index contributed by atoms with van der Waals surface area (Å²) in [5, 5.41) is 8.29. The van der Waals surface area contributed by atoms with Gasteiger partial charge in [0, 0.05) is 30.7 Å². The zero-order valence-corrected chi connectivity index (χ0v) is 13.6. The molecule has 0 radical (unpaired) electrons. The van der Waals surface area contributed by atoms with Crippen LogP contribution in [0.1, 0.15) is 52.5 Å². The van der Waals surface area contributed by atoms with Crippen LogP contribution < -0.4 is 5.32 Å². The Bertz CT molecular complexity index is 383. The number of hydrogen-bond acceptors (Lipinski definition) is 3. The Morgan fingerprint density at radius 1 is 1.26 bits per heavy atom. The van der Waals surface area contributed by atoms with Crippen molar-refractivity contribution in [1.29, 1.82) is 0 Å². The fraction of sp³-hybridized carbons (Fsp3) is 0.750. The molecule has 1 aliphatic heterocycles. The third-order valence-electron chi connectivity index (χ3n) is 5.10. The van der Waals surface area contributed by atoms with Crippen LogP contribution in [0.15, 0.2) is 16.8 Å². The number of nitrogens with zero attached hydrogens (tertiary/aromatic N) is 1. The summed E-state index contributed by atoms with van der Waals surface area (Å²) >= 11 is 1.81. The highest BCUT2D eigenvalue weighted by Crippen LogP contribution is 2.32. The minimum atomic E-state index is 0.268. The van der Waals surface area contributed by atoms with Crippen LogP contribution in [0.2, 0.25) is 0 Å². The van der Waals surface area contributed by atoms with Gasteiger partial charge >= 0.3 is 0 Å². The van der Waals surface area contributed by atoms with Crippen molar-refractivity contribution in [3.63, 3.8) is 0 Å². The molecule has 1 atom stereocenters. The zero-order chi connectivity index (χ0) is 13.9. The van der Waals surface area contributed by atoms with Gasteiger partial charge in [-0.05, 0) is 48.6 Å². The Morgan fingerprint density at radius 2 is 2.00 bits per heavy atom. The van der Waals surface area contributed by atoms with Crippen molar-refractivity contribution in [2.45, 2.75) is 64.6 Å². The zero-order valence-electron chi connectivity index (χ0n) is 12.8. The van der Waals surface area contributed by atoms with Crippen molar-refractivity contribution < 1.29 is 0 Å². The molecule has 1 N–H and O–H groups in total. The van der Waals surface area contributed by atoms with Gasteiger partial charge in [-0.2, -0.15) is 11.3 Å². The van der Waals surface area contributed by atoms with E-state index in [4.69, 9.17) is 0 Å². The van der Waals surface area contributed by atoms with Gasteiger partial charge in [-0.1, -0.05) is 20.8 Å². The molecule has 1 aromatic heterocycles. The smallest absolute Gasteiger partial charge is 0.0333 e. The first-order chi connectivity index (χ1) is 9.07. The van der Waals surface area contributed by atoms with Gasteiger partial charge in [0.1, 0.15) is 0 Å². The molecule has 0 amide bonds. The summed E-state index contributed by atoms with van der Waals surface area (Å²) in [4.78, 5) is 2.73. The molecule has 1 aromatic rings. The fourth-order valence-corrected chi connectivity index (χ4v) is 3.81. The number of nitrogens with one attached hydrogen (secondary N) is 1. The van der Waals surface area contributed by atoms with Gasteiger partial charge < -0.3 is 5.32 Å². The minimum Gasteiger partial charge on any atom is -0.308 e. The van der Waals surface area contributed by atoms with Crippen LogP contribution in [0.4, 0.5) is 0 Å². The molecule has 0 saturated carbocycles. The number of piperazine rings is 1. The summed E-state index contributed by atoms with van der Waals surface area (Å²) in [6.07, 6.45) is 3.64. The Labute approximate surface area is 122 Å². The molecular formula is C16H28N2S. The van der Waals surface area contributed by atoms with Crippen molar-refractivity contribution in [3.05, 3.63) is 22.4 Å². The molecule has 108 valence electrons. The van der Waals surface area contributed by atoms with E-state index in [1.165, 1.54) is 24.8 Å². The second kappa shape index (κ2) is 5.94. The van der Waals surface area contributed by atoms with Crippen molar-refractivity contribution in [2.75, 3.05) is 13.1 Å². The molecule has 2 heterocycles. The molecule has 1 fully saturated rings. The van der Waals surface area contributed by atoms with Crippen molar-refractivity contribution in [3.8, 4) is 0 Å². The van der Waals surface area contributed by atoms with E-state index >= 15 is 0 Å². The van der Waals surface area contributed by atoms with E-state index in [-0.39, 0.29) is 5.54 Å². The number of rotatable bonds is 5. The predicted molar refractivity (Wildman–Crippen MR) is 84.7 cm³/mol. The van der Waals surface area contributed by atoms with E-state index in [0.29, 0.717) is 5.54 Å². The Kier molecular flexibility index (Phi) is 4.70. The van der Waals surface area contributed by atoms with Crippen LogP contribution in [0.5, 0.6) is 0 Å². The molecule has 0 aromatic carbocycles. The first-order valence-electron chi connectivity index (χ1n) is 7.58. The fourth-order valence-electron chi connectivity index (χ4n) is 3.15. The normalized spacial score (nSPS) is 27.6. The summed E-state index contributed by atoms with van der Waals surface area (Å²) in [7, 11) is 0. The van der Waals surface area contributed by atoms with Crippen molar-refractivity contribution in [1.82, 2.24) is 10.2 Å². The molecule has 0 aliphatic carbocycles. The first-order valence-corrected chi connectivity index (χ1v) is 8.53. The van der Waals surface area contributed by atoms with Crippen molar-refractivity contribution >= 4 is 11.3 Å². The molecule has 0 spiro atoms. The van der Waals surface area contributed by atoms with Crippen LogP contribution in [0.3, 0.4) is 0 Å². The Morgan fingerprint density at radius 3 is 2.53 bits per heavy atom. The third-order valence-corrected chi connectivity index (χ3v) is 5.84. The standard InChI is InChI=1S/C16H28N2S/c1-5-15(4)13-18(10-14-8-9-19-11-14)16(6-2,7-3)12-17-15/h8-9,11,17H,5-7,10,12-13H2,1-4H3. The molecule has 1 saturated heterocycles. The van der Waals surface area contributed by atoms with E-state index < -0.39 is 0 Å². The second-order valence-electron chi connectivity index (χ2n) is 6.19. The number of hydrogen-bond donors (Lipinski definition) is 1. The summed E-state index contributed by atoms with van der Waals surface area (Å²) < 4.78 is 0. The van der Waals surface area contributed by atoms with Gasteiger partial charge in [-0.25, -0.2) is 0 Å². The largest absolute Gasteiger partial charge is 0.308 e. The van der Waals surface area contributed by atoms with Crippen LogP contribution in [0, 0.1) is 0 Å². The molecule has 19 heavy (non-hydrogen) atoms. The SMILES string of the molecule is CCC1(C)CN(Cc2ccsc2)C(CC)(CC)CN1. The molecule has 3 heteroatoms. The second-order valence-corrected chi connectivity index (χ2v) is 6.97. The van der Waals surface area contributed by atoms with E-state index in [0.717, 1.165) is 19.6 Å². The van der Waals surface area contributed by atoms with E-state index in [9.17, 15) is 0 Å². The first kappa shape index (κ1) is 15.0. The number of thiophene rings is 1. The van der Waals surface area contributed by atoms with E-state index in [1.807, 2.05) is 0 Å². The van der Waals surface area contributed by atoms with Crippen LogP contribution >= 0.6 is 11.3 Å². The summed E-state index contributed by atoms with van der Waals surface area (Å²) in [6.45, 7) is 12.7. The van der Waals surface area contributed by atoms with E-state index in [2.05, 4.69) is 54.7 Å². The minimum absolute atomic E-state index is 0.268. The lowest BCUT2D eigenvalue weighted by Crippen LogP contribution is -2.68. The monoisotopic (exact) mass is 280 g/mol. The molecule has 1 unspecified atom stereocenters. The lowest BCUT2D eigenvalue weighted by molar-refractivity contribution is -0.00399. The van der Waals surface area contributed by atoms with Crippen LogP contribution in [-0.4, -0.2) is 29.1 Å². The lowest BCUT2D eigenvalue weighted by atomic mass is 9.82. The molecule has 0 bridgehead atoms. The molecule has 2 rings (SSSR count). The average molecular weight is 280 g/mol. The van der Waals surface area contributed by atoms with Crippen molar-refractivity contribution in [2.24, 2.45) is 0 Å². The average Bonchev–Trinajstić information content (AvgIpc) is 2.93. The van der Waals surface area contributed by atoms with Gasteiger partial charge in [0.05, 0.1) is 0 Å². The van der Waals surface area contributed by atoms with Crippen LogP contribution in [0.25, 0.3) is 0 Å². The molecule has 2 nitrogen and oxygen atoms in total. The highest BCUT2D eigenvalue weighted by molar-refractivity contribution is 7.07. The third kappa shape index (κ3) is 3.04.